The number of nitrogens with one attached hydrogen (secondary N) is 1. The van der Waals surface area contributed by atoms with E-state index in [4.69, 9.17) is 0 Å². The van der Waals surface area contributed by atoms with Gasteiger partial charge in [0.2, 0.25) is 0 Å². The number of hydrogen-bond acceptors (Lipinski definition) is 1. The lowest BCUT2D eigenvalue weighted by Gasteiger charge is -2.31. The molecule has 0 aromatic heterocycles. The van der Waals surface area contributed by atoms with Gasteiger partial charge in [-0.1, -0.05) is 19.3 Å². The first-order valence-electron chi connectivity index (χ1n) is 5.52. The second-order valence-corrected chi connectivity index (χ2v) is 4.72. The minimum absolute atomic E-state index is 0.795. The monoisotopic (exact) mass is 167 g/mol. The largest absolute Gasteiger partial charge is 0.319 e. The molecule has 70 valence electrons. The molecular weight excluding hydrogens is 146 g/mol. The summed E-state index contributed by atoms with van der Waals surface area (Å²) in [5.41, 5.74) is 0.795. The average molecular weight is 167 g/mol. The van der Waals surface area contributed by atoms with Crippen molar-refractivity contribution in [3.63, 3.8) is 0 Å². The van der Waals surface area contributed by atoms with E-state index in [0.717, 1.165) is 11.3 Å². The van der Waals surface area contributed by atoms with Crippen molar-refractivity contribution in [3.8, 4) is 0 Å². The van der Waals surface area contributed by atoms with Gasteiger partial charge in [-0.2, -0.15) is 0 Å². The SMILES string of the molecule is CNCC1CCCC12CCCC2. The van der Waals surface area contributed by atoms with Crippen molar-refractivity contribution < 1.29 is 0 Å². The summed E-state index contributed by atoms with van der Waals surface area (Å²) >= 11 is 0. The summed E-state index contributed by atoms with van der Waals surface area (Å²) in [6, 6.07) is 0. The summed E-state index contributed by atoms with van der Waals surface area (Å²) < 4.78 is 0. The first kappa shape index (κ1) is 8.55. The number of rotatable bonds is 2. The quantitative estimate of drug-likeness (QED) is 0.666. The van der Waals surface area contributed by atoms with Crippen molar-refractivity contribution >= 4 is 0 Å². The van der Waals surface area contributed by atoms with Crippen LogP contribution in [-0.2, 0) is 0 Å². The van der Waals surface area contributed by atoms with Crippen LogP contribution in [0, 0.1) is 11.3 Å². The third kappa shape index (κ3) is 1.28. The van der Waals surface area contributed by atoms with Crippen molar-refractivity contribution in [1.82, 2.24) is 5.32 Å². The highest BCUT2D eigenvalue weighted by molar-refractivity contribution is 4.95. The zero-order valence-electron chi connectivity index (χ0n) is 8.23. The molecule has 2 rings (SSSR count). The zero-order valence-corrected chi connectivity index (χ0v) is 8.23. The minimum atomic E-state index is 0.795. The molecule has 1 heteroatoms. The molecule has 0 amide bonds. The van der Waals surface area contributed by atoms with Gasteiger partial charge in [0.25, 0.3) is 0 Å². The molecule has 2 aliphatic carbocycles. The molecule has 0 aromatic carbocycles. The lowest BCUT2D eigenvalue weighted by atomic mass is 9.76. The van der Waals surface area contributed by atoms with Crippen molar-refractivity contribution in [1.29, 1.82) is 0 Å². The van der Waals surface area contributed by atoms with E-state index in [9.17, 15) is 0 Å². The highest BCUT2D eigenvalue weighted by Gasteiger charge is 2.43. The molecule has 1 unspecified atom stereocenters. The van der Waals surface area contributed by atoms with Gasteiger partial charge >= 0.3 is 0 Å². The first-order chi connectivity index (χ1) is 5.87. The first-order valence-corrected chi connectivity index (χ1v) is 5.52. The second kappa shape index (κ2) is 3.37. The van der Waals surface area contributed by atoms with Gasteiger partial charge in [-0.05, 0) is 50.6 Å². The van der Waals surface area contributed by atoms with Gasteiger partial charge in [0.1, 0.15) is 0 Å². The Morgan fingerprint density at radius 3 is 2.50 bits per heavy atom. The van der Waals surface area contributed by atoms with Crippen LogP contribution in [0.3, 0.4) is 0 Å². The van der Waals surface area contributed by atoms with Crippen LogP contribution in [-0.4, -0.2) is 13.6 Å². The Morgan fingerprint density at radius 2 is 1.83 bits per heavy atom. The predicted molar refractivity (Wildman–Crippen MR) is 52.2 cm³/mol. The maximum absolute atomic E-state index is 3.36. The maximum Gasteiger partial charge on any atom is -0.00182 e. The average Bonchev–Trinajstić information content (AvgIpc) is 2.66. The Hall–Kier alpha value is -0.0400. The Bertz CT molecular complexity index is 142. The number of hydrogen-bond donors (Lipinski definition) is 1. The van der Waals surface area contributed by atoms with Crippen LogP contribution in [0.4, 0.5) is 0 Å². The van der Waals surface area contributed by atoms with Gasteiger partial charge in [0, 0.05) is 0 Å². The molecule has 0 heterocycles. The van der Waals surface area contributed by atoms with Crippen molar-refractivity contribution in [3.05, 3.63) is 0 Å². The molecule has 12 heavy (non-hydrogen) atoms. The fourth-order valence-electron chi connectivity index (χ4n) is 3.51. The van der Waals surface area contributed by atoms with Gasteiger partial charge in [0.05, 0.1) is 0 Å². The highest BCUT2D eigenvalue weighted by Crippen LogP contribution is 2.53. The normalized spacial score (nSPS) is 33.2. The van der Waals surface area contributed by atoms with E-state index in [0.29, 0.717) is 0 Å². The lowest BCUT2D eigenvalue weighted by Crippen LogP contribution is -2.29. The smallest absolute Gasteiger partial charge is 0.00182 e. The van der Waals surface area contributed by atoms with E-state index in [1.807, 2.05) is 0 Å². The van der Waals surface area contributed by atoms with E-state index >= 15 is 0 Å². The van der Waals surface area contributed by atoms with Crippen molar-refractivity contribution in [2.24, 2.45) is 11.3 Å². The predicted octanol–water partition coefficient (Wildman–Crippen LogP) is 2.57. The molecule has 1 atom stereocenters. The maximum atomic E-state index is 3.36. The van der Waals surface area contributed by atoms with E-state index in [2.05, 4.69) is 12.4 Å². The van der Waals surface area contributed by atoms with Crippen LogP contribution in [0.25, 0.3) is 0 Å². The molecular formula is C11H21N. The molecule has 1 N–H and O–H groups in total. The Morgan fingerprint density at radius 1 is 1.17 bits per heavy atom. The molecule has 0 bridgehead atoms. The summed E-state index contributed by atoms with van der Waals surface area (Å²) in [6.07, 6.45) is 10.6. The van der Waals surface area contributed by atoms with E-state index in [-0.39, 0.29) is 0 Å². The van der Waals surface area contributed by atoms with E-state index in [1.165, 1.54) is 51.5 Å². The molecule has 1 spiro atoms. The topological polar surface area (TPSA) is 12.0 Å². The standard InChI is InChI=1S/C11H21N/c1-12-9-10-5-4-8-11(10)6-2-3-7-11/h10,12H,2-9H2,1H3. The fraction of sp³-hybridized carbons (Fsp3) is 1.00. The minimum Gasteiger partial charge on any atom is -0.319 e. The van der Waals surface area contributed by atoms with Crippen LogP contribution < -0.4 is 5.32 Å². The van der Waals surface area contributed by atoms with Gasteiger partial charge < -0.3 is 5.32 Å². The Balaban J connectivity index is 2.01. The molecule has 0 saturated heterocycles. The van der Waals surface area contributed by atoms with Gasteiger partial charge in [0.15, 0.2) is 0 Å². The highest BCUT2D eigenvalue weighted by atomic mass is 14.8. The van der Waals surface area contributed by atoms with Crippen molar-refractivity contribution in [2.45, 2.75) is 44.9 Å². The molecule has 0 aromatic rings. The summed E-state index contributed by atoms with van der Waals surface area (Å²) in [6.45, 7) is 1.26. The third-order valence-electron chi connectivity index (χ3n) is 4.14. The van der Waals surface area contributed by atoms with Crippen LogP contribution in [0.2, 0.25) is 0 Å². The van der Waals surface area contributed by atoms with E-state index in [1.54, 1.807) is 0 Å². The molecule has 0 aliphatic heterocycles. The lowest BCUT2D eigenvalue weighted by molar-refractivity contribution is 0.205. The summed E-state index contributed by atoms with van der Waals surface area (Å²) in [5.74, 6) is 1.00. The van der Waals surface area contributed by atoms with Gasteiger partial charge in [-0.3, -0.25) is 0 Å². The van der Waals surface area contributed by atoms with Crippen LogP contribution in [0.1, 0.15) is 44.9 Å². The van der Waals surface area contributed by atoms with Crippen LogP contribution >= 0.6 is 0 Å². The summed E-state index contributed by atoms with van der Waals surface area (Å²) in [5, 5.41) is 3.36. The molecule has 1 nitrogen and oxygen atoms in total. The summed E-state index contributed by atoms with van der Waals surface area (Å²) in [7, 11) is 2.10. The van der Waals surface area contributed by atoms with Crippen molar-refractivity contribution in [2.75, 3.05) is 13.6 Å². The molecule has 2 aliphatic rings. The Labute approximate surface area is 75.9 Å². The third-order valence-corrected chi connectivity index (χ3v) is 4.14. The van der Waals surface area contributed by atoms with Crippen LogP contribution in [0.5, 0.6) is 0 Å². The van der Waals surface area contributed by atoms with E-state index < -0.39 is 0 Å². The zero-order chi connectivity index (χ0) is 8.44. The Kier molecular flexibility index (Phi) is 2.40. The summed E-state index contributed by atoms with van der Waals surface area (Å²) in [4.78, 5) is 0. The van der Waals surface area contributed by atoms with Gasteiger partial charge in [-0.15, -0.1) is 0 Å². The molecule has 2 fully saturated rings. The molecule has 0 radical (unpaired) electrons. The second-order valence-electron chi connectivity index (χ2n) is 4.72. The van der Waals surface area contributed by atoms with Crippen LogP contribution in [0.15, 0.2) is 0 Å². The molecule has 2 saturated carbocycles. The van der Waals surface area contributed by atoms with Gasteiger partial charge in [-0.25, -0.2) is 0 Å². The fourth-order valence-corrected chi connectivity index (χ4v) is 3.51.